The van der Waals surface area contributed by atoms with E-state index in [2.05, 4.69) is 15.3 Å². The van der Waals surface area contributed by atoms with Gasteiger partial charge in [-0.25, -0.2) is 9.37 Å². The molecule has 3 rings (SSSR count). The van der Waals surface area contributed by atoms with E-state index in [0.717, 1.165) is 23.4 Å². The Balaban J connectivity index is 1.66. The van der Waals surface area contributed by atoms with Crippen LogP contribution in [0, 0.1) is 19.7 Å². The highest BCUT2D eigenvalue weighted by atomic mass is 19.1. The lowest BCUT2D eigenvalue weighted by molar-refractivity contribution is -0.128. The zero-order chi connectivity index (χ0) is 16.4. The summed E-state index contributed by atoms with van der Waals surface area (Å²) in [4.78, 5) is 23.0. The Bertz CT molecular complexity index is 717. The van der Waals surface area contributed by atoms with Gasteiger partial charge in [-0.2, -0.15) is 0 Å². The van der Waals surface area contributed by atoms with E-state index in [4.69, 9.17) is 0 Å². The van der Waals surface area contributed by atoms with Crippen LogP contribution in [0.5, 0.6) is 0 Å². The van der Waals surface area contributed by atoms with E-state index in [1.54, 1.807) is 23.2 Å². The first-order chi connectivity index (χ1) is 11.0. The monoisotopic (exact) mass is 314 g/mol. The van der Waals surface area contributed by atoms with E-state index >= 15 is 0 Å². The largest absolute Gasteiger partial charge is 0.357 e. The number of nitrogens with one attached hydrogen (secondary N) is 1. The van der Waals surface area contributed by atoms with Crippen molar-refractivity contribution in [2.75, 3.05) is 11.9 Å². The number of benzene rings is 1. The Morgan fingerprint density at radius 1 is 1.30 bits per heavy atom. The molecule has 1 aromatic carbocycles. The molecule has 0 spiro atoms. The molecule has 1 saturated heterocycles. The third kappa shape index (κ3) is 3.47. The summed E-state index contributed by atoms with van der Waals surface area (Å²) in [5.41, 5.74) is 2.51. The second kappa shape index (κ2) is 6.32. The summed E-state index contributed by atoms with van der Waals surface area (Å²) in [5.74, 6) is 0.429. The number of nitrogens with zero attached hydrogens (tertiary/aromatic N) is 3. The van der Waals surface area contributed by atoms with Gasteiger partial charge in [0.1, 0.15) is 17.7 Å². The van der Waals surface area contributed by atoms with Gasteiger partial charge in [0.25, 0.3) is 0 Å². The molecule has 5 nitrogen and oxygen atoms in total. The maximum Gasteiger partial charge on any atom is 0.245 e. The fourth-order valence-corrected chi connectivity index (χ4v) is 2.68. The van der Waals surface area contributed by atoms with Crippen LogP contribution < -0.4 is 5.32 Å². The Kier molecular flexibility index (Phi) is 4.23. The number of carbonyl (C=O) groups excluding carboxylic acids is 1. The number of halogens is 1. The molecule has 1 N–H and O–H groups in total. The molecule has 1 unspecified atom stereocenters. The van der Waals surface area contributed by atoms with Gasteiger partial charge in [-0.05, 0) is 38.0 Å². The van der Waals surface area contributed by atoms with Gasteiger partial charge in [0.2, 0.25) is 5.91 Å². The number of aryl methyl sites for hydroxylation is 2. The first-order valence-electron chi connectivity index (χ1n) is 7.63. The second-order valence-corrected chi connectivity index (χ2v) is 5.82. The van der Waals surface area contributed by atoms with Crippen molar-refractivity contribution in [2.45, 2.75) is 32.9 Å². The number of hydrogen-bond donors (Lipinski definition) is 1. The van der Waals surface area contributed by atoms with Crippen LogP contribution in [0.2, 0.25) is 0 Å². The first kappa shape index (κ1) is 15.4. The molecule has 1 aliphatic heterocycles. The SMILES string of the molecule is Cc1cnc(C)c(NC2CCN(Cc3ccc(F)cc3)C2=O)n1. The van der Waals surface area contributed by atoms with Crippen LogP contribution in [0.25, 0.3) is 0 Å². The van der Waals surface area contributed by atoms with Crippen LogP contribution in [0.4, 0.5) is 10.2 Å². The summed E-state index contributed by atoms with van der Waals surface area (Å²) in [6, 6.07) is 5.96. The molecule has 1 aromatic heterocycles. The molecule has 2 aromatic rings. The van der Waals surface area contributed by atoms with Gasteiger partial charge < -0.3 is 10.2 Å². The lowest BCUT2D eigenvalue weighted by Gasteiger charge is -2.18. The molecule has 1 amide bonds. The van der Waals surface area contributed by atoms with Gasteiger partial charge in [0.15, 0.2) is 0 Å². The van der Waals surface area contributed by atoms with Crippen LogP contribution in [0.15, 0.2) is 30.5 Å². The average Bonchev–Trinajstić information content (AvgIpc) is 2.86. The number of anilines is 1. The molecule has 2 heterocycles. The molecule has 1 atom stereocenters. The fourth-order valence-electron chi connectivity index (χ4n) is 2.68. The van der Waals surface area contributed by atoms with E-state index in [-0.39, 0.29) is 17.8 Å². The number of likely N-dealkylation sites (tertiary alicyclic amines) is 1. The third-order valence-electron chi connectivity index (χ3n) is 3.97. The normalized spacial score (nSPS) is 17.6. The molecule has 6 heteroatoms. The minimum absolute atomic E-state index is 0.0389. The third-order valence-corrected chi connectivity index (χ3v) is 3.97. The highest BCUT2D eigenvalue weighted by Crippen LogP contribution is 2.20. The summed E-state index contributed by atoms with van der Waals surface area (Å²) in [5, 5.41) is 3.20. The van der Waals surface area contributed by atoms with Gasteiger partial charge in [-0.15, -0.1) is 0 Å². The Hall–Kier alpha value is -2.50. The molecular weight excluding hydrogens is 295 g/mol. The predicted molar refractivity (Wildman–Crippen MR) is 85.4 cm³/mol. The topological polar surface area (TPSA) is 58.1 Å². The Morgan fingerprint density at radius 2 is 2.04 bits per heavy atom. The maximum absolute atomic E-state index is 12.9. The van der Waals surface area contributed by atoms with Crippen LogP contribution in [-0.4, -0.2) is 33.4 Å². The number of rotatable bonds is 4. The molecular formula is C17H19FN4O. The van der Waals surface area contributed by atoms with E-state index < -0.39 is 0 Å². The smallest absolute Gasteiger partial charge is 0.245 e. The minimum atomic E-state index is -0.287. The van der Waals surface area contributed by atoms with Crippen molar-refractivity contribution in [1.29, 1.82) is 0 Å². The van der Waals surface area contributed by atoms with E-state index in [0.29, 0.717) is 18.9 Å². The molecule has 0 radical (unpaired) electrons. The van der Waals surface area contributed by atoms with E-state index in [1.807, 2.05) is 13.8 Å². The quantitative estimate of drug-likeness (QED) is 0.942. The minimum Gasteiger partial charge on any atom is -0.357 e. The summed E-state index contributed by atoms with van der Waals surface area (Å²) in [7, 11) is 0. The van der Waals surface area contributed by atoms with Gasteiger partial charge >= 0.3 is 0 Å². The molecule has 120 valence electrons. The van der Waals surface area contributed by atoms with Crippen molar-refractivity contribution in [3.8, 4) is 0 Å². The zero-order valence-corrected chi connectivity index (χ0v) is 13.2. The van der Waals surface area contributed by atoms with Gasteiger partial charge in [0.05, 0.1) is 11.4 Å². The molecule has 23 heavy (non-hydrogen) atoms. The molecule has 1 aliphatic rings. The van der Waals surface area contributed by atoms with Crippen LogP contribution >= 0.6 is 0 Å². The highest BCUT2D eigenvalue weighted by Gasteiger charge is 2.32. The van der Waals surface area contributed by atoms with Gasteiger partial charge in [-0.3, -0.25) is 9.78 Å². The number of aromatic nitrogens is 2. The summed E-state index contributed by atoms with van der Waals surface area (Å²) in [6.07, 6.45) is 2.42. The molecule has 0 aliphatic carbocycles. The van der Waals surface area contributed by atoms with Crippen LogP contribution in [-0.2, 0) is 11.3 Å². The van der Waals surface area contributed by atoms with Gasteiger partial charge in [0, 0.05) is 19.3 Å². The zero-order valence-electron chi connectivity index (χ0n) is 13.2. The fraction of sp³-hybridized carbons (Fsp3) is 0.353. The molecule has 0 saturated carbocycles. The number of hydrogen-bond acceptors (Lipinski definition) is 4. The highest BCUT2D eigenvalue weighted by molar-refractivity contribution is 5.86. The van der Waals surface area contributed by atoms with Crippen molar-refractivity contribution >= 4 is 11.7 Å². The van der Waals surface area contributed by atoms with Crippen molar-refractivity contribution in [2.24, 2.45) is 0 Å². The Labute approximate surface area is 134 Å². The van der Waals surface area contributed by atoms with Crippen molar-refractivity contribution < 1.29 is 9.18 Å². The van der Waals surface area contributed by atoms with E-state index in [1.165, 1.54) is 12.1 Å². The number of amides is 1. The second-order valence-electron chi connectivity index (χ2n) is 5.82. The lowest BCUT2D eigenvalue weighted by atomic mass is 10.2. The number of carbonyl (C=O) groups is 1. The maximum atomic E-state index is 12.9. The summed E-state index contributed by atoms with van der Waals surface area (Å²) < 4.78 is 12.9. The van der Waals surface area contributed by atoms with Crippen molar-refractivity contribution in [3.05, 3.63) is 53.2 Å². The molecule has 1 fully saturated rings. The molecule has 0 bridgehead atoms. The van der Waals surface area contributed by atoms with Crippen LogP contribution in [0.3, 0.4) is 0 Å². The van der Waals surface area contributed by atoms with E-state index in [9.17, 15) is 9.18 Å². The summed E-state index contributed by atoms with van der Waals surface area (Å²) >= 11 is 0. The van der Waals surface area contributed by atoms with Crippen molar-refractivity contribution in [3.63, 3.8) is 0 Å². The standard InChI is InChI=1S/C17H19FN4O/c1-11-9-19-12(2)16(20-11)21-15-7-8-22(17(15)23)10-13-3-5-14(18)6-4-13/h3-6,9,15H,7-8,10H2,1-2H3,(H,20,21). The first-order valence-corrected chi connectivity index (χ1v) is 7.63. The summed E-state index contributed by atoms with van der Waals surface area (Å²) in [6.45, 7) is 4.90. The predicted octanol–water partition coefficient (Wildman–Crippen LogP) is 2.45. The lowest BCUT2D eigenvalue weighted by Crippen LogP contribution is -2.33. The van der Waals surface area contributed by atoms with Crippen LogP contribution in [0.1, 0.15) is 23.4 Å². The van der Waals surface area contributed by atoms with Gasteiger partial charge in [-0.1, -0.05) is 12.1 Å². The Morgan fingerprint density at radius 3 is 2.78 bits per heavy atom. The van der Waals surface area contributed by atoms with Crippen molar-refractivity contribution in [1.82, 2.24) is 14.9 Å². The average molecular weight is 314 g/mol.